The van der Waals surface area contributed by atoms with Crippen LogP contribution in [0.2, 0.25) is 0 Å². The molecule has 0 spiro atoms. The smallest absolute Gasteiger partial charge is 0.00136 e. The van der Waals surface area contributed by atoms with Gasteiger partial charge in [-0.3, -0.25) is 0 Å². The second-order valence-corrected chi connectivity index (χ2v) is 9.44. The fourth-order valence-corrected chi connectivity index (χ4v) is 4.26. The molecule has 0 aromatic heterocycles. The van der Waals surface area contributed by atoms with Crippen molar-refractivity contribution in [2.45, 2.75) is 162 Å². The topological polar surface area (TPSA) is 12.0 Å². The van der Waals surface area contributed by atoms with E-state index < -0.39 is 0 Å². The van der Waals surface area contributed by atoms with Crippen LogP contribution in [-0.4, -0.2) is 13.1 Å². The minimum atomic E-state index is 1.19. The van der Waals surface area contributed by atoms with Gasteiger partial charge in [0.2, 0.25) is 0 Å². The van der Waals surface area contributed by atoms with Crippen molar-refractivity contribution in [1.29, 1.82) is 0 Å². The Bertz CT molecular complexity index is 259. The number of hydrogen-bond acceptors (Lipinski definition) is 1. The Hall–Kier alpha value is -0.0400. The Balaban J connectivity index is 3.74. The molecule has 0 saturated carbocycles. The molecular weight excluding hydrogens is 350 g/mol. The summed E-state index contributed by atoms with van der Waals surface area (Å²) in [5.74, 6) is 1.82. The van der Waals surface area contributed by atoms with Gasteiger partial charge in [0.1, 0.15) is 0 Å². The van der Waals surface area contributed by atoms with Gasteiger partial charge in [0.15, 0.2) is 0 Å². The molecule has 0 saturated heterocycles. The van der Waals surface area contributed by atoms with E-state index in [9.17, 15) is 0 Å². The summed E-state index contributed by atoms with van der Waals surface area (Å²) in [7, 11) is 0. The van der Waals surface area contributed by atoms with Crippen LogP contribution in [0.25, 0.3) is 0 Å². The molecule has 0 heterocycles. The highest BCUT2D eigenvalue weighted by Gasteiger charge is 2.09. The molecule has 0 aliphatic rings. The first kappa shape index (κ1) is 29.0. The zero-order valence-corrected chi connectivity index (χ0v) is 21.0. The van der Waals surface area contributed by atoms with Crippen LogP contribution in [0.5, 0.6) is 0 Å². The zero-order chi connectivity index (χ0) is 21.3. The van der Waals surface area contributed by atoms with E-state index in [0.717, 1.165) is 0 Å². The van der Waals surface area contributed by atoms with Crippen LogP contribution in [0.1, 0.15) is 162 Å². The average molecular weight is 409 g/mol. The van der Waals surface area contributed by atoms with Crippen molar-refractivity contribution in [3.05, 3.63) is 5.92 Å². The average Bonchev–Trinajstić information content (AvgIpc) is 2.73. The van der Waals surface area contributed by atoms with Crippen LogP contribution in [0.4, 0.5) is 0 Å². The van der Waals surface area contributed by atoms with Crippen molar-refractivity contribution in [2.24, 2.45) is 0 Å². The third kappa shape index (κ3) is 24.1. The summed E-state index contributed by atoms with van der Waals surface area (Å²) in [6.45, 7) is 9.34. The Morgan fingerprint density at radius 3 is 1.17 bits per heavy atom. The number of hydrogen-bond donors (Lipinski definition) is 1. The van der Waals surface area contributed by atoms with Crippen molar-refractivity contribution in [2.75, 3.05) is 13.1 Å². The number of nitrogens with one attached hydrogen (secondary N) is 1. The van der Waals surface area contributed by atoms with Crippen LogP contribution < -0.4 is 5.32 Å². The fraction of sp³-hybridized carbons (Fsp3) is 0.964. The molecule has 1 N–H and O–H groups in total. The Morgan fingerprint density at radius 1 is 0.414 bits per heavy atom. The van der Waals surface area contributed by atoms with Gasteiger partial charge in [-0.15, -0.1) is 0 Å². The maximum Gasteiger partial charge on any atom is 0.00136 e. The normalized spacial score (nSPS) is 11.6. The highest BCUT2D eigenvalue weighted by Crippen LogP contribution is 2.20. The molecular formula is C28H58N. The monoisotopic (exact) mass is 408 g/mol. The van der Waals surface area contributed by atoms with Gasteiger partial charge in [-0.1, -0.05) is 143 Å². The first-order chi connectivity index (χ1) is 14.3. The lowest BCUT2D eigenvalue weighted by Crippen LogP contribution is -2.22. The third-order valence-corrected chi connectivity index (χ3v) is 6.35. The van der Waals surface area contributed by atoms with Crippen molar-refractivity contribution < 1.29 is 0 Å². The molecule has 1 nitrogen and oxygen atoms in total. The van der Waals surface area contributed by atoms with E-state index in [1.165, 1.54) is 154 Å². The van der Waals surface area contributed by atoms with Gasteiger partial charge < -0.3 is 5.32 Å². The molecule has 0 amide bonds. The Kier molecular flexibility index (Phi) is 26.0. The lowest BCUT2D eigenvalue weighted by Gasteiger charge is -2.17. The van der Waals surface area contributed by atoms with E-state index in [1.54, 1.807) is 0 Å². The van der Waals surface area contributed by atoms with Crippen molar-refractivity contribution in [3.8, 4) is 0 Å². The van der Waals surface area contributed by atoms with Crippen molar-refractivity contribution >= 4 is 0 Å². The van der Waals surface area contributed by atoms with Gasteiger partial charge in [0.05, 0.1) is 0 Å². The second kappa shape index (κ2) is 26.0. The zero-order valence-electron chi connectivity index (χ0n) is 21.0. The van der Waals surface area contributed by atoms with Crippen LogP contribution >= 0.6 is 0 Å². The first-order valence-corrected chi connectivity index (χ1v) is 13.9. The second-order valence-electron chi connectivity index (χ2n) is 9.44. The predicted octanol–water partition coefficient (Wildman–Crippen LogP) is 9.79. The minimum absolute atomic E-state index is 1.19. The third-order valence-electron chi connectivity index (χ3n) is 6.35. The molecule has 0 bridgehead atoms. The molecule has 0 aliphatic heterocycles. The van der Waals surface area contributed by atoms with E-state index in [4.69, 9.17) is 0 Å². The van der Waals surface area contributed by atoms with Gasteiger partial charge in [-0.05, 0) is 31.7 Å². The number of unbranched alkanes of at least 4 members (excludes halogenated alkanes) is 17. The molecule has 29 heavy (non-hydrogen) atoms. The van der Waals surface area contributed by atoms with E-state index in [1.807, 2.05) is 5.92 Å². The molecule has 175 valence electrons. The van der Waals surface area contributed by atoms with Crippen molar-refractivity contribution in [3.63, 3.8) is 0 Å². The van der Waals surface area contributed by atoms with Gasteiger partial charge in [-0.2, -0.15) is 0 Å². The van der Waals surface area contributed by atoms with Gasteiger partial charge >= 0.3 is 0 Å². The molecule has 0 atom stereocenters. The fourth-order valence-electron chi connectivity index (χ4n) is 4.26. The lowest BCUT2D eigenvalue weighted by atomic mass is 9.94. The Morgan fingerprint density at radius 2 is 0.759 bits per heavy atom. The van der Waals surface area contributed by atoms with Crippen molar-refractivity contribution in [1.82, 2.24) is 5.32 Å². The highest BCUT2D eigenvalue weighted by molar-refractivity contribution is 4.91. The SMILES string of the molecule is CCCCCCCCCCNC[C](CCCCCCCC)CCCCCCCC. The van der Waals surface area contributed by atoms with E-state index in [2.05, 4.69) is 26.1 Å². The molecule has 0 aliphatic carbocycles. The number of rotatable bonds is 25. The summed E-state index contributed by atoms with van der Waals surface area (Å²) in [5, 5.41) is 3.78. The largest absolute Gasteiger partial charge is 0.316 e. The highest BCUT2D eigenvalue weighted by atomic mass is 14.8. The molecule has 0 fully saturated rings. The quantitative estimate of drug-likeness (QED) is 0.148. The molecule has 0 rings (SSSR count). The minimum Gasteiger partial charge on any atom is -0.316 e. The van der Waals surface area contributed by atoms with Gasteiger partial charge in [0.25, 0.3) is 0 Å². The maximum atomic E-state index is 3.78. The molecule has 0 unspecified atom stereocenters. The Labute approximate surface area is 186 Å². The predicted molar refractivity (Wildman–Crippen MR) is 135 cm³/mol. The van der Waals surface area contributed by atoms with E-state index in [0.29, 0.717) is 0 Å². The first-order valence-electron chi connectivity index (χ1n) is 13.9. The summed E-state index contributed by atoms with van der Waals surface area (Å²) in [6, 6.07) is 0. The molecule has 0 aromatic carbocycles. The summed E-state index contributed by atoms with van der Waals surface area (Å²) in [4.78, 5) is 0. The standard InChI is InChI=1S/C28H58N/c1-4-7-10-13-16-17-20-23-26-29-27-28(24-21-18-14-11-8-5-2)25-22-19-15-12-9-6-3/h29H,4-27H2,1-3H3. The van der Waals surface area contributed by atoms with Crippen LogP contribution in [0.15, 0.2) is 0 Å². The van der Waals surface area contributed by atoms with Crippen LogP contribution in [0, 0.1) is 5.92 Å². The molecule has 1 radical (unpaired) electrons. The summed E-state index contributed by atoms with van der Waals surface area (Å²) in [5.41, 5.74) is 0. The van der Waals surface area contributed by atoms with Crippen LogP contribution in [0.3, 0.4) is 0 Å². The summed E-state index contributed by atoms with van der Waals surface area (Å²) < 4.78 is 0. The van der Waals surface area contributed by atoms with E-state index in [-0.39, 0.29) is 0 Å². The van der Waals surface area contributed by atoms with Crippen LogP contribution in [-0.2, 0) is 0 Å². The molecule has 0 aromatic rings. The van der Waals surface area contributed by atoms with Gasteiger partial charge in [0, 0.05) is 6.54 Å². The van der Waals surface area contributed by atoms with E-state index >= 15 is 0 Å². The maximum absolute atomic E-state index is 3.78. The summed E-state index contributed by atoms with van der Waals surface area (Å²) >= 11 is 0. The van der Waals surface area contributed by atoms with Gasteiger partial charge in [-0.25, -0.2) is 0 Å². The summed E-state index contributed by atoms with van der Waals surface area (Å²) in [6.07, 6.45) is 31.2. The molecule has 1 heteroatoms. The lowest BCUT2D eigenvalue weighted by molar-refractivity contribution is 0.515.